The maximum absolute atomic E-state index is 13.1. The van der Waals surface area contributed by atoms with Gasteiger partial charge in [-0.05, 0) is 52.3 Å². The molecule has 0 bridgehead atoms. The van der Waals surface area contributed by atoms with E-state index in [1.54, 1.807) is 24.3 Å². The van der Waals surface area contributed by atoms with E-state index in [4.69, 9.17) is 16.0 Å². The number of halogens is 3. The Balaban J connectivity index is 2.10. The van der Waals surface area contributed by atoms with Gasteiger partial charge in [0.2, 0.25) is 5.78 Å². The highest BCUT2D eigenvalue weighted by Gasteiger charge is 2.18. The molecule has 1 aromatic heterocycles. The summed E-state index contributed by atoms with van der Waals surface area (Å²) in [5, 5.41) is 1.19. The van der Waals surface area contributed by atoms with Crippen LogP contribution in [0.15, 0.2) is 51.4 Å². The molecule has 0 amide bonds. The summed E-state index contributed by atoms with van der Waals surface area (Å²) < 4.78 is 18.9. The van der Waals surface area contributed by atoms with Gasteiger partial charge in [-0.3, -0.25) is 4.79 Å². The van der Waals surface area contributed by atoms with Crippen LogP contribution in [0.1, 0.15) is 16.1 Å². The van der Waals surface area contributed by atoms with Crippen molar-refractivity contribution >= 4 is 44.3 Å². The van der Waals surface area contributed by atoms with Gasteiger partial charge in [0.15, 0.2) is 5.76 Å². The van der Waals surface area contributed by atoms with Crippen molar-refractivity contribution < 1.29 is 13.6 Å². The minimum absolute atomic E-state index is 0.167. The van der Waals surface area contributed by atoms with Gasteiger partial charge in [-0.25, -0.2) is 4.39 Å². The fraction of sp³-hybridized carbons (Fsp3) is 0. The number of carbonyl (C=O) groups excluding carboxylic acids is 1. The number of furan rings is 1. The molecule has 2 aromatic carbocycles. The molecule has 0 saturated heterocycles. The van der Waals surface area contributed by atoms with Crippen LogP contribution >= 0.6 is 27.5 Å². The lowest BCUT2D eigenvalue weighted by atomic mass is 10.1. The van der Waals surface area contributed by atoms with Gasteiger partial charge >= 0.3 is 0 Å². The molecule has 20 heavy (non-hydrogen) atoms. The molecule has 5 heteroatoms. The molecule has 0 aliphatic rings. The minimum Gasteiger partial charge on any atom is -0.453 e. The van der Waals surface area contributed by atoms with E-state index in [9.17, 15) is 9.18 Å². The Labute approximate surface area is 127 Å². The number of rotatable bonds is 2. The van der Waals surface area contributed by atoms with Crippen molar-refractivity contribution in [2.75, 3.05) is 0 Å². The second-order valence-electron chi connectivity index (χ2n) is 4.22. The van der Waals surface area contributed by atoms with Gasteiger partial charge in [0, 0.05) is 15.4 Å². The fourth-order valence-corrected chi connectivity index (χ4v) is 2.69. The Morgan fingerprint density at radius 3 is 2.70 bits per heavy atom. The van der Waals surface area contributed by atoms with Crippen LogP contribution in [-0.2, 0) is 0 Å². The molecule has 2 nitrogen and oxygen atoms in total. The SMILES string of the molecule is O=C(c1cc2c(Cl)cccc2o1)c1ccc(F)cc1Br. The Hall–Kier alpha value is -1.65. The predicted molar refractivity (Wildman–Crippen MR) is 78.8 cm³/mol. The van der Waals surface area contributed by atoms with Crippen molar-refractivity contribution in [1.29, 1.82) is 0 Å². The van der Waals surface area contributed by atoms with Gasteiger partial charge in [-0.1, -0.05) is 17.7 Å². The van der Waals surface area contributed by atoms with Gasteiger partial charge in [-0.15, -0.1) is 0 Å². The summed E-state index contributed by atoms with van der Waals surface area (Å²) in [5.74, 6) is -0.578. The van der Waals surface area contributed by atoms with E-state index in [1.807, 2.05) is 0 Å². The Bertz CT molecular complexity index is 826. The van der Waals surface area contributed by atoms with Crippen molar-refractivity contribution in [3.8, 4) is 0 Å². The van der Waals surface area contributed by atoms with E-state index >= 15 is 0 Å². The summed E-state index contributed by atoms with van der Waals surface area (Å²) in [6.45, 7) is 0. The number of benzene rings is 2. The molecular weight excluding hydrogens is 347 g/mol. The molecule has 1 heterocycles. The molecule has 0 aliphatic heterocycles. The summed E-state index contributed by atoms with van der Waals surface area (Å²) >= 11 is 9.22. The molecule has 100 valence electrons. The topological polar surface area (TPSA) is 30.2 Å². The van der Waals surface area contributed by atoms with Crippen molar-refractivity contribution in [2.24, 2.45) is 0 Å². The number of fused-ring (bicyclic) bond motifs is 1. The van der Waals surface area contributed by atoms with Crippen molar-refractivity contribution in [3.63, 3.8) is 0 Å². The number of hydrogen-bond acceptors (Lipinski definition) is 2. The summed E-state index contributed by atoms with van der Waals surface area (Å²) in [5.41, 5.74) is 0.876. The van der Waals surface area contributed by atoms with Crippen LogP contribution in [-0.4, -0.2) is 5.78 Å². The third kappa shape index (κ3) is 2.25. The third-order valence-electron chi connectivity index (χ3n) is 2.91. The monoisotopic (exact) mass is 352 g/mol. The highest BCUT2D eigenvalue weighted by Crippen LogP contribution is 2.29. The van der Waals surface area contributed by atoms with Gasteiger partial charge in [0.1, 0.15) is 11.4 Å². The average Bonchev–Trinajstić information content (AvgIpc) is 2.83. The van der Waals surface area contributed by atoms with E-state index in [0.29, 0.717) is 26.0 Å². The zero-order valence-corrected chi connectivity index (χ0v) is 12.3. The van der Waals surface area contributed by atoms with E-state index in [1.165, 1.54) is 18.2 Å². The lowest BCUT2D eigenvalue weighted by Gasteiger charge is -2.00. The first-order valence-electron chi connectivity index (χ1n) is 5.74. The maximum Gasteiger partial charge on any atom is 0.229 e. The molecule has 0 atom stereocenters. The van der Waals surface area contributed by atoms with Crippen LogP contribution in [0.2, 0.25) is 5.02 Å². The van der Waals surface area contributed by atoms with Gasteiger partial charge < -0.3 is 4.42 Å². The average molecular weight is 354 g/mol. The lowest BCUT2D eigenvalue weighted by molar-refractivity contribution is 0.101. The summed E-state index contributed by atoms with van der Waals surface area (Å²) in [7, 11) is 0. The molecule has 3 aromatic rings. The van der Waals surface area contributed by atoms with Crippen molar-refractivity contribution in [1.82, 2.24) is 0 Å². The number of ketones is 1. The van der Waals surface area contributed by atoms with E-state index in [0.717, 1.165) is 0 Å². The molecule has 0 spiro atoms. The van der Waals surface area contributed by atoms with Crippen molar-refractivity contribution in [3.05, 3.63) is 69.1 Å². The first-order valence-corrected chi connectivity index (χ1v) is 6.91. The zero-order valence-electron chi connectivity index (χ0n) is 9.99. The maximum atomic E-state index is 13.1. The Kier molecular flexibility index (Phi) is 3.36. The Morgan fingerprint density at radius 1 is 1.20 bits per heavy atom. The van der Waals surface area contributed by atoms with Crippen LogP contribution in [0.3, 0.4) is 0 Å². The molecule has 3 rings (SSSR count). The van der Waals surface area contributed by atoms with Crippen LogP contribution < -0.4 is 0 Å². The summed E-state index contributed by atoms with van der Waals surface area (Å²) in [6, 6.07) is 10.7. The number of hydrogen-bond donors (Lipinski definition) is 0. The Morgan fingerprint density at radius 2 is 2.00 bits per heavy atom. The smallest absolute Gasteiger partial charge is 0.229 e. The standard InChI is InChI=1S/C15H7BrClFO2/c16-11-6-8(18)4-5-9(11)15(19)14-7-10-12(17)2-1-3-13(10)20-14/h1-7H. The second kappa shape index (κ2) is 5.04. The minimum atomic E-state index is -0.416. The number of carbonyl (C=O) groups is 1. The molecule has 0 radical (unpaired) electrons. The molecule has 0 aliphatic carbocycles. The molecule has 0 fully saturated rings. The second-order valence-corrected chi connectivity index (χ2v) is 5.48. The fourth-order valence-electron chi connectivity index (χ4n) is 1.94. The van der Waals surface area contributed by atoms with E-state index < -0.39 is 5.82 Å². The first-order chi connectivity index (χ1) is 9.56. The largest absolute Gasteiger partial charge is 0.453 e. The zero-order chi connectivity index (χ0) is 14.3. The molecular formula is C15H7BrClFO2. The molecule has 0 saturated carbocycles. The van der Waals surface area contributed by atoms with Crippen LogP contribution in [0.4, 0.5) is 4.39 Å². The highest BCUT2D eigenvalue weighted by atomic mass is 79.9. The highest BCUT2D eigenvalue weighted by molar-refractivity contribution is 9.10. The van der Waals surface area contributed by atoms with E-state index in [2.05, 4.69) is 15.9 Å². The predicted octanol–water partition coefficient (Wildman–Crippen LogP) is 5.22. The van der Waals surface area contributed by atoms with Gasteiger partial charge in [0.05, 0.1) is 5.02 Å². The lowest BCUT2D eigenvalue weighted by Crippen LogP contribution is -2.00. The van der Waals surface area contributed by atoms with Crippen LogP contribution in [0.25, 0.3) is 11.0 Å². The first kappa shape index (κ1) is 13.3. The molecule has 0 unspecified atom stereocenters. The normalized spacial score (nSPS) is 10.9. The summed E-state index contributed by atoms with van der Waals surface area (Å²) in [6.07, 6.45) is 0. The molecule has 0 N–H and O–H groups in total. The third-order valence-corrected chi connectivity index (χ3v) is 3.89. The van der Waals surface area contributed by atoms with Gasteiger partial charge in [0.25, 0.3) is 0 Å². The van der Waals surface area contributed by atoms with E-state index in [-0.39, 0.29) is 11.5 Å². The quantitative estimate of drug-likeness (QED) is 0.591. The summed E-state index contributed by atoms with van der Waals surface area (Å²) in [4.78, 5) is 12.4. The van der Waals surface area contributed by atoms with Crippen molar-refractivity contribution in [2.45, 2.75) is 0 Å². The van der Waals surface area contributed by atoms with Crippen LogP contribution in [0.5, 0.6) is 0 Å². The van der Waals surface area contributed by atoms with Gasteiger partial charge in [-0.2, -0.15) is 0 Å². The van der Waals surface area contributed by atoms with Crippen LogP contribution in [0, 0.1) is 5.82 Å².